The summed E-state index contributed by atoms with van der Waals surface area (Å²) < 4.78 is 15.3. The highest BCUT2D eigenvalue weighted by Gasteiger charge is 2.09. The molecule has 1 amide bonds. The maximum Gasteiger partial charge on any atom is 0.331 e. The largest absolute Gasteiger partial charge is 0.497 e. The number of ether oxygens (including phenoxy) is 3. The van der Waals surface area contributed by atoms with E-state index in [1.54, 1.807) is 55.5 Å². The lowest BCUT2D eigenvalue weighted by molar-refractivity contribution is -0.136. The molecule has 0 unspecified atom stereocenters. The SMILES string of the molecule is CCC(=O)Nc1ccc(C(=O)COC(=O)/C=C/c2cc(OC)cc(OC)c2)cc1. The first kappa shape index (κ1) is 21.7. The normalized spacial score (nSPS) is 10.4. The summed E-state index contributed by atoms with van der Waals surface area (Å²) in [5.74, 6) is 0.0748. The second kappa shape index (κ2) is 10.7. The van der Waals surface area contributed by atoms with Gasteiger partial charge in [0.15, 0.2) is 12.4 Å². The highest BCUT2D eigenvalue weighted by Crippen LogP contribution is 2.23. The summed E-state index contributed by atoms with van der Waals surface area (Å²) in [6, 6.07) is 11.6. The lowest BCUT2D eigenvalue weighted by Gasteiger charge is -2.06. The summed E-state index contributed by atoms with van der Waals surface area (Å²) in [6.07, 6.45) is 3.14. The van der Waals surface area contributed by atoms with E-state index in [-0.39, 0.29) is 18.3 Å². The minimum absolute atomic E-state index is 0.113. The summed E-state index contributed by atoms with van der Waals surface area (Å²) in [4.78, 5) is 35.4. The van der Waals surface area contributed by atoms with Crippen molar-refractivity contribution in [2.75, 3.05) is 26.1 Å². The van der Waals surface area contributed by atoms with Crippen LogP contribution in [0, 0.1) is 0 Å². The van der Waals surface area contributed by atoms with Crippen LogP contribution in [0.2, 0.25) is 0 Å². The van der Waals surface area contributed by atoms with Gasteiger partial charge in [-0.05, 0) is 48.0 Å². The molecular formula is C22H23NO6. The van der Waals surface area contributed by atoms with Gasteiger partial charge < -0.3 is 19.5 Å². The molecule has 1 N–H and O–H groups in total. The van der Waals surface area contributed by atoms with Gasteiger partial charge in [-0.1, -0.05) is 6.92 Å². The first-order chi connectivity index (χ1) is 13.9. The number of rotatable bonds is 9. The Balaban J connectivity index is 1.91. The van der Waals surface area contributed by atoms with Crippen LogP contribution in [0.1, 0.15) is 29.3 Å². The first-order valence-corrected chi connectivity index (χ1v) is 8.96. The zero-order valence-electron chi connectivity index (χ0n) is 16.6. The maximum atomic E-state index is 12.2. The van der Waals surface area contributed by atoms with Crippen molar-refractivity contribution in [3.63, 3.8) is 0 Å². The van der Waals surface area contributed by atoms with Crippen LogP contribution >= 0.6 is 0 Å². The van der Waals surface area contributed by atoms with E-state index in [9.17, 15) is 14.4 Å². The summed E-state index contributed by atoms with van der Waals surface area (Å²) in [5.41, 5.74) is 1.67. The van der Waals surface area contributed by atoms with Gasteiger partial charge in [-0.25, -0.2) is 4.79 Å². The molecule has 0 fully saturated rings. The molecule has 0 bridgehead atoms. The Morgan fingerprint density at radius 1 is 0.966 bits per heavy atom. The highest BCUT2D eigenvalue weighted by molar-refractivity contribution is 5.99. The smallest absolute Gasteiger partial charge is 0.331 e. The fourth-order valence-corrected chi connectivity index (χ4v) is 2.35. The average Bonchev–Trinajstić information content (AvgIpc) is 2.75. The Kier molecular flexibility index (Phi) is 7.97. The molecule has 2 aromatic carbocycles. The molecule has 0 aromatic heterocycles. The van der Waals surface area contributed by atoms with Crippen molar-refractivity contribution < 1.29 is 28.6 Å². The van der Waals surface area contributed by atoms with E-state index in [0.717, 1.165) is 0 Å². The van der Waals surface area contributed by atoms with Crippen molar-refractivity contribution in [1.82, 2.24) is 0 Å². The zero-order valence-corrected chi connectivity index (χ0v) is 16.6. The lowest BCUT2D eigenvalue weighted by Crippen LogP contribution is -2.13. The van der Waals surface area contributed by atoms with Gasteiger partial charge in [-0.2, -0.15) is 0 Å². The van der Waals surface area contributed by atoms with Gasteiger partial charge in [-0.15, -0.1) is 0 Å². The summed E-state index contributed by atoms with van der Waals surface area (Å²) in [5, 5.41) is 2.69. The van der Waals surface area contributed by atoms with Gasteiger partial charge in [-0.3, -0.25) is 9.59 Å². The van der Waals surface area contributed by atoms with Gasteiger partial charge in [0.25, 0.3) is 0 Å². The molecule has 2 rings (SSSR count). The molecule has 0 aliphatic heterocycles. The number of carbonyl (C=O) groups is 3. The number of Topliss-reactive ketones (excluding diaryl/α,β-unsaturated/α-hetero) is 1. The van der Waals surface area contributed by atoms with Crippen molar-refractivity contribution in [3.8, 4) is 11.5 Å². The third-order valence-electron chi connectivity index (χ3n) is 3.94. The molecule has 0 spiro atoms. The van der Waals surface area contributed by atoms with Crippen molar-refractivity contribution in [3.05, 3.63) is 59.7 Å². The van der Waals surface area contributed by atoms with Gasteiger partial charge in [0.2, 0.25) is 5.91 Å². The summed E-state index contributed by atoms with van der Waals surface area (Å²) in [6.45, 7) is 1.37. The Hall–Kier alpha value is -3.61. The molecule has 0 aliphatic carbocycles. The van der Waals surface area contributed by atoms with Gasteiger partial charge in [0.05, 0.1) is 14.2 Å². The van der Waals surface area contributed by atoms with Crippen LogP contribution in [0.3, 0.4) is 0 Å². The molecule has 2 aromatic rings. The molecule has 0 saturated heterocycles. The third kappa shape index (κ3) is 6.80. The number of hydrogen-bond donors (Lipinski definition) is 1. The Labute approximate surface area is 169 Å². The van der Waals surface area contributed by atoms with Crippen molar-refractivity contribution in [2.24, 2.45) is 0 Å². The molecular weight excluding hydrogens is 374 g/mol. The Morgan fingerprint density at radius 3 is 2.14 bits per heavy atom. The number of hydrogen-bond acceptors (Lipinski definition) is 6. The van der Waals surface area contributed by atoms with E-state index in [1.165, 1.54) is 20.3 Å². The third-order valence-corrected chi connectivity index (χ3v) is 3.94. The predicted molar refractivity (Wildman–Crippen MR) is 109 cm³/mol. The van der Waals surface area contributed by atoms with Crippen LogP contribution in [0.25, 0.3) is 6.08 Å². The molecule has 152 valence electrons. The van der Waals surface area contributed by atoms with Gasteiger partial charge >= 0.3 is 5.97 Å². The molecule has 7 heteroatoms. The van der Waals surface area contributed by atoms with Crippen LogP contribution < -0.4 is 14.8 Å². The van der Waals surface area contributed by atoms with E-state index in [4.69, 9.17) is 14.2 Å². The monoisotopic (exact) mass is 397 g/mol. The lowest BCUT2D eigenvalue weighted by atomic mass is 10.1. The summed E-state index contributed by atoms with van der Waals surface area (Å²) >= 11 is 0. The summed E-state index contributed by atoms with van der Waals surface area (Å²) in [7, 11) is 3.07. The number of methoxy groups -OCH3 is 2. The van der Waals surface area contributed by atoms with Crippen molar-refractivity contribution in [2.45, 2.75) is 13.3 Å². The number of esters is 1. The zero-order chi connectivity index (χ0) is 21.2. The van der Waals surface area contributed by atoms with E-state index in [1.807, 2.05) is 0 Å². The Morgan fingerprint density at radius 2 is 1.59 bits per heavy atom. The van der Waals surface area contributed by atoms with Gasteiger partial charge in [0.1, 0.15) is 11.5 Å². The van der Waals surface area contributed by atoms with Crippen LogP contribution in [0.4, 0.5) is 5.69 Å². The predicted octanol–water partition coefficient (Wildman–Crippen LogP) is 3.49. The first-order valence-electron chi connectivity index (χ1n) is 8.96. The maximum absolute atomic E-state index is 12.2. The topological polar surface area (TPSA) is 90.9 Å². The molecule has 29 heavy (non-hydrogen) atoms. The molecule has 7 nitrogen and oxygen atoms in total. The second-order valence-corrected chi connectivity index (χ2v) is 5.99. The average molecular weight is 397 g/mol. The Bertz CT molecular complexity index is 880. The van der Waals surface area contributed by atoms with Crippen LogP contribution in [0.5, 0.6) is 11.5 Å². The minimum atomic E-state index is -0.646. The molecule has 0 radical (unpaired) electrons. The fraction of sp³-hybridized carbons (Fsp3) is 0.227. The van der Waals surface area contributed by atoms with Crippen molar-refractivity contribution in [1.29, 1.82) is 0 Å². The molecule has 0 aliphatic rings. The van der Waals surface area contributed by atoms with Crippen LogP contribution in [-0.2, 0) is 14.3 Å². The minimum Gasteiger partial charge on any atom is -0.497 e. The second-order valence-electron chi connectivity index (χ2n) is 5.99. The molecule has 0 heterocycles. The molecule has 0 atom stereocenters. The highest BCUT2D eigenvalue weighted by atomic mass is 16.5. The van der Waals surface area contributed by atoms with Crippen molar-refractivity contribution >= 4 is 29.4 Å². The van der Waals surface area contributed by atoms with Gasteiger partial charge in [0, 0.05) is 29.8 Å². The number of anilines is 1. The standard InChI is InChI=1S/C22H23NO6/c1-4-21(25)23-17-8-6-16(7-9-17)20(24)14-29-22(26)10-5-15-11-18(27-2)13-19(12-15)28-3/h5-13H,4,14H2,1-3H3,(H,23,25)/b10-5+. The fourth-order valence-electron chi connectivity index (χ4n) is 2.35. The number of benzene rings is 2. The van der Waals surface area contributed by atoms with Crippen LogP contribution in [0.15, 0.2) is 48.5 Å². The number of carbonyl (C=O) groups excluding carboxylic acids is 3. The quantitative estimate of drug-likeness (QED) is 0.396. The number of amides is 1. The van der Waals surface area contributed by atoms with E-state index in [0.29, 0.717) is 34.7 Å². The van der Waals surface area contributed by atoms with E-state index >= 15 is 0 Å². The van der Waals surface area contributed by atoms with E-state index < -0.39 is 5.97 Å². The van der Waals surface area contributed by atoms with E-state index in [2.05, 4.69) is 5.32 Å². The number of ketones is 1. The number of nitrogens with one attached hydrogen (secondary N) is 1. The molecule has 0 saturated carbocycles. The van der Waals surface area contributed by atoms with Crippen LogP contribution in [-0.4, -0.2) is 38.5 Å².